The van der Waals surface area contributed by atoms with E-state index in [4.69, 9.17) is 17.3 Å². The number of aromatic nitrogens is 2. The first-order valence-corrected chi connectivity index (χ1v) is 8.31. The summed E-state index contributed by atoms with van der Waals surface area (Å²) in [4.78, 5) is -0.0229. The summed E-state index contributed by atoms with van der Waals surface area (Å²) in [5.41, 5.74) is 6.89. The zero-order valence-electron chi connectivity index (χ0n) is 11.8. The molecule has 0 fully saturated rings. The van der Waals surface area contributed by atoms with Crippen LogP contribution >= 0.6 is 11.6 Å². The molecule has 0 atom stereocenters. The summed E-state index contributed by atoms with van der Waals surface area (Å²) in [6, 6.07) is 4.92. The monoisotopic (exact) mass is 328 g/mol. The molecule has 1 aromatic carbocycles. The summed E-state index contributed by atoms with van der Waals surface area (Å²) in [6.45, 7) is 4.36. The molecule has 0 aliphatic heterocycles. The van der Waals surface area contributed by atoms with Crippen molar-refractivity contribution in [2.75, 3.05) is 10.5 Å². The molecule has 8 heteroatoms. The van der Waals surface area contributed by atoms with Crippen molar-refractivity contribution in [3.63, 3.8) is 0 Å². The summed E-state index contributed by atoms with van der Waals surface area (Å²) >= 11 is 5.86. The topological polar surface area (TPSA) is 90.0 Å². The van der Waals surface area contributed by atoms with Gasteiger partial charge in [-0.05, 0) is 37.1 Å². The molecule has 2 aromatic rings. The second-order valence-electron chi connectivity index (χ2n) is 4.71. The van der Waals surface area contributed by atoms with E-state index >= 15 is 0 Å². The molecule has 0 spiro atoms. The number of halogens is 1. The highest BCUT2D eigenvalue weighted by atomic mass is 35.5. The van der Waals surface area contributed by atoms with Gasteiger partial charge in [-0.15, -0.1) is 0 Å². The van der Waals surface area contributed by atoms with Gasteiger partial charge in [-0.25, -0.2) is 8.42 Å². The van der Waals surface area contributed by atoms with E-state index in [0.29, 0.717) is 17.3 Å². The Hall–Kier alpha value is -1.73. The third kappa shape index (κ3) is 3.48. The highest BCUT2D eigenvalue weighted by Gasteiger charge is 2.21. The van der Waals surface area contributed by atoms with Crippen molar-refractivity contribution in [2.45, 2.75) is 31.7 Å². The predicted molar refractivity (Wildman–Crippen MR) is 83.9 cm³/mol. The maximum atomic E-state index is 12.4. The average Bonchev–Trinajstić information content (AvgIpc) is 2.75. The lowest BCUT2D eigenvalue weighted by atomic mass is 10.2. The van der Waals surface area contributed by atoms with Gasteiger partial charge in [0, 0.05) is 17.8 Å². The number of aryl methyl sites for hydroxylation is 2. The number of rotatable bonds is 5. The number of benzene rings is 1. The minimum atomic E-state index is -3.78. The highest BCUT2D eigenvalue weighted by Crippen LogP contribution is 2.24. The summed E-state index contributed by atoms with van der Waals surface area (Å²) in [5.74, 6) is -0.0115. The molecule has 0 bridgehead atoms. The zero-order chi connectivity index (χ0) is 15.6. The Bertz CT molecular complexity index is 756. The van der Waals surface area contributed by atoms with E-state index in [0.717, 1.165) is 12.0 Å². The van der Waals surface area contributed by atoms with Gasteiger partial charge >= 0.3 is 0 Å². The molecule has 2 rings (SSSR count). The third-order valence-corrected chi connectivity index (χ3v) is 4.55. The SMILES string of the molecule is CCCn1cc(S(=O)(=O)Nc2ccc(Cl)cc2C)c(N)n1. The summed E-state index contributed by atoms with van der Waals surface area (Å²) in [5, 5.41) is 4.55. The summed E-state index contributed by atoms with van der Waals surface area (Å²) in [6.07, 6.45) is 2.27. The second kappa shape index (κ2) is 5.95. The van der Waals surface area contributed by atoms with Gasteiger partial charge in [0.2, 0.25) is 0 Å². The van der Waals surface area contributed by atoms with Crippen LogP contribution < -0.4 is 10.5 Å². The van der Waals surface area contributed by atoms with Crippen LogP contribution in [0.2, 0.25) is 5.02 Å². The van der Waals surface area contributed by atoms with Crippen LogP contribution in [-0.2, 0) is 16.6 Å². The fraction of sp³-hybridized carbons (Fsp3) is 0.308. The first kappa shape index (κ1) is 15.7. The molecule has 0 aliphatic rings. The highest BCUT2D eigenvalue weighted by molar-refractivity contribution is 7.92. The van der Waals surface area contributed by atoms with Crippen molar-refractivity contribution < 1.29 is 8.42 Å². The van der Waals surface area contributed by atoms with Crippen LogP contribution in [-0.4, -0.2) is 18.2 Å². The predicted octanol–water partition coefficient (Wildman–Crippen LogP) is 2.64. The number of nitrogen functional groups attached to an aromatic ring is 1. The number of anilines is 2. The molecule has 114 valence electrons. The van der Waals surface area contributed by atoms with E-state index < -0.39 is 10.0 Å². The molecular weight excluding hydrogens is 312 g/mol. The Morgan fingerprint density at radius 3 is 2.76 bits per heavy atom. The van der Waals surface area contributed by atoms with Gasteiger partial charge in [-0.3, -0.25) is 9.40 Å². The molecule has 0 aliphatic carbocycles. The molecule has 1 aromatic heterocycles. The first-order valence-electron chi connectivity index (χ1n) is 6.45. The van der Waals surface area contributed by atoms with Gasteiger partial charge in [-0.2, -0.15) is 5.10 Å². The number of nitrogens with zero attached hydrogens (tertiary/aromatic N) is 2. The van der Waals surface area contributed by atoms with Gasteiger partial charge < -0.3 is 5.73 Å². The quantitative estimate of drug-likeness (QED) is 0.882. The maximum absolute atomic E-state index is 12.4. The van der Waals surface area contributed by atoms with Crippen molar-refractivity contribution in [1.82, 2.24) is 9.78 Å². The number of nitrogens with two attached hydrogens (primary N) is 1. The van der Waals surface area contributed by atoms with Crippen LogP contribution in [0.3, 0.4) is 0 Å². The van der Waals surface area contributed by atoms with E-state index in [2.05, 4.69) is 9.82 Å². The van der Waals surface area contributed by atoms with E-state index in [1.54, 1.807) is 25.1 Å². The summed E-state index contributed by atoms with van der Waals surface area (Å²) < 4.78 is 28.8. The first-order chi connectivity index (χ1) is 9.83. The van der Waals surface area contributed by atoms with Gasteiger partial charge in [-0.1, -0.05) is 18.5 Å². The van der Waals surface area contributed by atoms with Crippen molar-refractivity contribution in [3.8, 4) is 0 Å². The van der Waals surface area contributed by atoms with Crippen molar-refractivity contribution >= 4 is 33.1 Å². The molecule has 6 nitrogen and oxygen atoms in total. The van der Waals surface area contributed by atoms with Crippen LogP contribution in [0, 0.1) is 6.92 Å². The van der Waals surface area contributed by atoms with Crippen LogP contribution in [0.25, 0.3) is 0 Å². The number of hydrogen-bond donors (Lipinski definition) is 2. The molecule has 0 saturated carbocycles. The van der Waals surface area contributed by atoms with Crippen molar-refractivity contribution in [3.05, 3.63) is 35.0 Å². The smallest absolute Gasteiger partial charge is 0.267 e. The van der Waals surface area contributed by atoms with Crippen LogP contribution in [0.4, 0.5) is 11.5 Å². The standard InChI is InChI=1S/C13H17ClN4O2S/c1-3-6-18-8-12(13(15)16-18)21(19,20)17-11-5-4-10(14)7-9(11)2/h4-5,7-8,17H,3,6H2,1-2H3,(H2,15,16). The van der Waals surface area contributed by atoms with Gasteiger partial charge in [0.05, 0.1) is 5.69 Å². The van der Waals surface area contributed by atoms with Gasteiger partial charge in [0.1, 0.15) is 4.90 Å². The average molecular weight is 329 g/mol. The Balaban J connectivity index is 2.34. The molecule has 21 heavy (non-hydrogen) atoms. The van der Waals surface area contributed by atoms with Gasteiger partial charge in [0.15, 0.2) is 5.82 Å². The molecule has 1 heterocycles. The fourth-order valence-corrected chi connectivity index (χ4v) is 3.34. The van der Waals surface area contributed by atoms with Crippen molar-refractivity contribution in [1.29, 1.82) is 0 Å². The lowest BCUT2D eigenvalue weighted by Gasteiger charge is -2.09. The van der Waals surface area contributed by atoms with Crippen LogP contribution in [0.5, 0.6) is 0 Å². The number of hydrogen-bond acceptors (Lipinski definition) is 4. The number of nitrogens with one attached hydrogen (secondary N) is 1. The number of sulfonamides is 1. The third-order valence-electron chi connectivity index (χ3n) is 2.93. The molecule has 0 unspecified atom stereocenters. The van der Waals surface area contributed by atoms with Gasteiger partial charge in [0.25, 0.3) is 10.0 Å². The zero-order valence-corrected chi connectivity index (χ0v) is 13.4. The van der Waals surface area contributed by atoms with Crippen LogP contribution in [0.15, 0.2) is 29.3 Å². The molecule has 0 radical (unpaired) electrons. The maximum Gasteiger partial charge on any atom is 0.267 e. The van der Waals surface area contributed by atoms with Crippen LogP contribution in [0.1, 0.15) is 18.9 Å². The lowest BCUT2D eigenvalue weighted by Crippen LogP contribution is -2.14. The van der Waals surface area contributed by atoms with E-state index in [9.17, 15) is 8.42 Å². The van der Waals surface area contributed by atoms with E-state index in [1.807, 2.05) is 6.92 Å². The molecule has 0 saturated heterocycles. The van der Waals surface area contributed by atoms with E-state index in [-0.39, 0.29) is 10.7 Å². The minimum absolute atomic E-state index is 0.0115. The second-order valence-corrected chi connectivity index (χ2v) is 6.79. The molecule has 3 N–H and O–H groups in total. The fourth-order valence-electron chi connectivity index (χ4n) is 1.91. The Morgan fingerprint density at radius 1 is 1.43 bits per heavy atom. The Kier molecular flexibility index (Phi) is 4.43. The Labute approximate surface area is 129 Å². The molecule has 0 amide bonds. The lowest BCUT2D eigenvalue weighted by molar-refractivity contribution is 0.595. The normalized spacial score (nSPS) is 11.6. The van der Waals surface area contributed by atoms with E-state index in [1.165, 1.54) is 10.9 Å². The largest absolute Gasteiger partial charge is 0.381 e. The molecular formula is C13H17ClN4O2S. The summed E-state index contributed by atoms with van der Waals surface area (Å²) in [7, 11) is -3.78. The minimum Gasteiger partial charge on any atom is -0.381 e. The Morgan fingerprint density at radius 2 is 2.14 bits per heavy atom. The van der Waals surface area contributed by atoms with Crippen molar-refractivity contribution in [2.24, 2.45) is 0 Å².